The van der Waals surface area contributed by atoms with Crippen LogP contribution in [0.15, 0.2) is 48.5 Å². The van der Waals surface area contributed by atoms with E-state index in [2.05, 4.69) is 45.4 Å². The second-order valence-electron chi connectivity index (χ2n) is 13.4. The molecular formula is C33H43N5O6S. The number of esters is 1. The number of carbonyl (C=O) groups is 2. The van der Waals surface area contributed by atoms with Gasteiger partial charge in [0.15, 0.2) is 5.75 Å². The van der Waals surface area contributed by atoms with Gasteiger partial charge in [0.05, 0.1) is 23.6 Å². The van der Waals surface area contributed by atoms with Crippen LogP contribution in [0.4, 0.5) is 27.5 Å². The summed E-state index contributed by atoms with van der Waals surface area (Å²) in [6, 6.07) is 16.4. The van der Waals surface area contributed by atoms with Crippen molar-refractivity contribution in [2.45, 2.75) is 50.7 Å². The van der Waals surface area contributed by atoms with E-state index in [4.69, 9.17) is 4.74 Å². The van der Waals surface area contributed by atoms with Crippen molar-refractivity contribution in [3.8, 4) is 0 Å². The van der Waals surface area contributed by atoms with Gasteiger partial charge in [0.1, 0.15) is 0 Å². The van der Waals surface area contributed by atoms with Crippen molar-refractivity contribution in [3.05, 3.63) is 48.5 Å². The van der Waals surface area contributed by atoms with E-state index in [1.54, 1.807) is 6.92 Å². The van der Waals surface area contributed by atoms with E-state index in [0.717, 1.165) is 54.9 Å². The maximum absolute atomic E-state index is 13.7. The minimum absolute atomic E-state index is 0.0506. The van der Waals surface area contributed by atoms with Gasteiger partial charge in [-0.25, -0.2) is 13.2 Å². The average Bonchev–Trinajstić information content (AvgIpc) is 3.01. The van der Waals surface area contributed by atoms with Gasteiger partial charge < -0.3 is 25.0 Å². The Morgan fingerprint density at radius 1 is 0.889 bits per heavy atom. The first-order valence-electron chi connectivity index (χ1n) is 16.3. The predicted molar refractivity (Wildman–Crippen MR) is 172 cm³/mol. The van der Waals surface area contributed by atoms with Crippen LogP contribution < -0.4 is 20.0 Å². The number of hydrogen-bond acceptors (Lipinski definition) is 8. The zero-order valence-electron chi connectivity index (χ0n) is 25.8. The number of para-hydroxylation sites is 2. The Labute approximate surface area is 265 Å². The molecule has 11 nitrogen and oxygen atoms in total. The Balaban J connectivity index is 0.996. The molecule has 2 N–H and O–H groups in total. The number of urea groups is 1. The third-order valence-corrected chi connectivity index (χ3v) is 12.3. The van der Waals surface area contributed by atoms with Crippen molar-refractivity contribution >= 4 is 44.8 Å². The van der Waals surface area contributed by atoms with E-state index in [1.807, 2.05) is 23.1 Å². The first kappa shape index (κ1) is 30.3. The van der Waals surface area contributed by atoms with Crippen LogP contribution in [0, 0.1) is 17.8 Å². The zero-order chi connectivity index (χ0) is 31.3. The van der Waals surface area contributed by atoms with Gasteiger partial charge in [0.2, 0.25) is 10.0 Å². The highest BCUT2D eigenvalue weighted by Crippen LogP contribution is 2.55. The molecule has 2 heterocycles. The minimum Gasteiger partial charge on any atom is -0.465 e. The molecule has 5 fully saturated rings. The molecule has 12 heteroatoms. The number of nitrogens with zero attached hydrogens (tertiary/aromatic N) is 4. The maximum Gasteiger partial charge on any atom is 0.322 e. The number of carbonyl (C=O) groups excluding carboxylic acids is 2. The van der Waals surface area contributed by atoms with Gasteiger partial charge in [-0.3, -0.25) is 9.69 Å². The van der Waals surface area contributed by atoms with E-state index in [-0.39, 0.29) is 18.7 Å². The number of hydrogen-bond donors (Lipinski definition) is 2. The smallest absolute Gasteiger partial charge is 0.322 e. The Morgan fingerprint density at radius 2 is 1.53 bits per heavy atom. The number of amides is 2. The summed E-state index contributed by atoms with van der Waals surface area (Å²) in [5, 5.41) is 14.4. The summed E-state index contributed by atoms with van der Waals surface area (Å²) < 4.78 is 31.5. The fourth-order valence-electron chi connectivity index (χ4n) is 8.79. The van der Waals surface area contributed by atoms with Crippen molar-refractivity contribution in [2.24, 2.45) is 17.8 Å². The van der Waals surface area contributed by atoms with Crippen LogP contribution in [-0.4, -0.2) is 93.1 Å². The molecule has 2 aliphatic heterocycles. The largest absolute Gasteiger partial charge is 0.465 e. The summed E-state index contributed by atoms with van der Waals surface area (Å²) in [6.45, 7) is 4.70. The van der Waals surface area contributed by atoms with E-state index >= 15 is 0 Å². The summed E-state index contributed by atoms with van der Waals surface area (Å²) in [6.07, 6.45) is 4.74. The van der Waals surface area contributed by atoms with Gasteiger partial charge in [-0.2, -0.15) is 4.31 Å². The van der Waals surface area contributed by atoms with Crippen molar-refractivity contribution in [1.29, 1.82) is 0 Å². The highest BCUT2D eigenvalue weighted by Gasteiger charge is 2.55. The third-order valence-electron chi connectivity index (χ3n) is 10.6. The molecule has 2 amide bonds. The quantitative estimate of drug-likeness (QED) is 0.444. The Hall–Kier alpha value is -3.35. The number of rotatable bonds is 7. The standard InChI is InChI=1S/C33H43N5O6S/c1-2-44-30(39)22-45(42,43)36-13-11-35(12-14-36)26-7-9-27(10-8-26)37-15-16-38(29-6-4-3-5-28(29)37)32(40)34-31-24-17-23-18-25(31)21-33(41,19-23)20-24/h3-10,23-25,31,41H,2,11-22H2,1H3,(H,34,40)/t23?,24-,25+,31?,33?. The lowest BCUT2D eigenvalue weighted by atomic mass is 9.52. The summed E-state index contributed by atoms with van der Waals surface area (Å²) in [7, 11) is -3.70. The summed E-state index contributed by atoms with van der Waals surface area (Å²) >= 11 is 0. The van der Waals surface area contributed by atoms with Crippen LogP contribution in [0.3, 0.4) is 0 Å². The molecule has 0 aromatic heterocycles. The second kappa shape index (κ2) is 11.8. The predicted octanol–water partition coefficient (Wildman–Crippen LogP) is 3.31. The van der Waals surface area contributed by atoms with Crippen molar-refractivity contribution in [3.63, 3.8) is 0 Å². The highest BCUT2D eigenvalue weighted by atomic mass is 32.2. The van der Waals surface area contributed by atoms with Crippen LogP contribution in [0.5, 0.6) is 0 Å². The number of benzene rings is 2. The van der Waals surface area contributed by atoms with Gasteiger partial charge in [-0.05, 0) is 93.2 Å². The van der Waals surface area contributed by atoms with Crippen LogP contribution in [-0.2, 0) is 19.6 Å². The van der Waals surface area contributed by atoms with Crippen LogP contribution >= 0.6 is 0 Å². The molecule has 0 radical (unpaired) electrons. The number of fused-ring (bicyclic) bond motifs is 1. The number of piperazine rings is 1. The summed E-state index contributed by atoms with van der Waals surface area (Å²) in [4.78, 5) is 31.7. The van der Waals surface area contributed by atoms with Crippen LogP contribution in [0.2, 0.25) is 0 Å². The van der Waals surface area contributed by atoms with E-state index in [1.165, 1.54) is 4.31 Å². The first-order chi connectivity index (χ1) is 21.6. The van der Waals surface area contributed by atoms with Crippen molar-refractivity contribution in [1.82, 2.24) is 9.62 Å². The molecule has 8 rings (SSSR count). The molecular weight excluding hydrogens is 594 g/mol. The lowest BCUT2D eigenvalue weighted by Crippen LogP contribution is -2.63. The van der Waals surface area contributed by atoms with E-state index < -0.39 is 27.3 Å². The van der Waals surface area contributed by atoms with E-state index in [9.17, 15) is 23.1 Å². The topological polar surface area (TPSA) is 123 Å². The molecule has 4 saturated carbocycles. The monoisotopic (exact) mass is 637 g/mol. The molecule has 4 bridgehead atoms. The molecule has 6 aliphatic rings. The fraction of sp³-hybridized carbons (Fsp3) is 0.576. The molecule has 45 heavy (non-hydrogen) atoms. The van der Waals surface area contributed by atoms with Crippen LogP contribution in [0.1, 0.15) is 39.0 Å². The summed E-state index contributed by atoms with van der Waals surface area (Å²) in [5.74, 6) is -0.0330. The zero-order valence-corrected chi connectivity index (χ0v) is 26.6. The van der Waals surface area contributed by atoms with Gasteiger partial charge in [-0.15, -0.1) is 0 Å². The molecule has 2 aromatic rings. The lowest BCUT2D eigenvalue weighted by Gasteiger charge is -2.58. The lowest BCUT2D eigenvalue weighted by molar-refractivity contribution is -0.140. The molecule has 0 spiro atoms. The molecule has 5 atom stereocenters. The molecule has 4 aliphatic carbocycles. The maximum atomic E-state index is 13.7. The third kappa shape index (κ3) is 5.88. The highest BCUT2D eigenvalue weighted by molar-refractivity contribution is 7.89. The average molecular weight is 638 g/mol. The number of nitrogens with one attached hydrogen (secondary N) is 1. The van der Waals surface area contributed by atoms with E-state index in [0.29, 0.717) is 57.0 Å². The SMILES string of the molecule is CCOC(=O)CS(=O)(=O)N1CCN(c2ccc(N3CCN(C(=O)NC4[C@@H]5CC6C[C@H]4CC(O)(C6)C5)c4ccccc43)cc2)CC1. The molecule has 3 unspecified atom stereocenters. The number of anilines is 4. The summed E-state index contributed by atoms with van der Waals surface area (Å²) in [5.41, 5.74) is 3.37. The number of ether oxygens (including phenoxy) is 1. The Bertz CT molecular complexity index is 1530. The van der Waals surface area contributed by atoms with Crippen molar-refractivity contribution < 1.29 is 27.9 Å². The Kier molecular flexibility index (Phi) is 7.94. The number of aliphatic hydroxyl groups is 1. The minimum atomic E-state index is -3.70. The molecule has 242 valence electrons. The number of sulfonamides is 1. The second-order valence-corrected chi connectivity index (χ2v) is 15.4. The Morgan fingerprint density at radius 3 is 2.18 bits per heavy atom. The molecule has 1 saturated heterocycles. The fourth-order valence-corrected chi connectivity index (χ4v) is 10.1. The van der Waals surface area contributed by atoms with Crippen molar-refractivity contribution in [2.75, 3.05) is 66.3 Å². The molecule has 2 aromatic carbocycles. The van der Waals surface area contributed by atoms with Gasteiger partial charge in [-0.1, -0.05) is 12.1 Å². The first-order valence-corrected chi connectivity index (χ1v) is 17.9. The van der Waals surface area contributed by atoms with Gasteiger partial charge >= 0.3 is 12.0 Å². The van der Waals surface area contributed by atoms with Gasteiger partial charge in [0.25, 0.3) is 0 Å². The van der Waals surface area contributed by atoms with Gasteiger partial charge in [0, 0.05) is 56.7 Å². The normalized spacial score (nSPS) is 29.4. The van der Waals surface area contributed by atoms with Crippen LogP contribution in [0.25, 0.3) is 0 Å².